The van der Waals surface area contributed by atoms with Gasteiger partial charge in [0.25, 0.3) is 0 Å². The predicted octanol–water partition coefficient (Wildman–Crippen LogP) is 3.04. The fourth-order valence-corrected chi connectivity index (χ4v) is 3.06. The van der Waals surface area contributed by atoms with Crippen LogP contribution in [0.5, 0.6) is 11.5 Å². The Bertz CT molecular complexity index is 747. The summed E-state index contributed by atoms with van der Waals surface area (Å²) in [6, 6.07) is 1.92. The van der Waals surface area contributed by atoms with Gasteiger partial charge < -0.3 is 14.3 Å². The molecular weight excluding hydrogens is 372 g/mol. The Morgan fingerprint density at radius 1 is 1.03 bits per heavy atom. The van der Waals surface area contributed by atoms with Gasteiger partial charge in [-0.1, -0.05) is 0 Å². The van der Waals surface area contributed by atoms with Crippen molar-refractivity contribution in [1.29, 1.82) is 0 Å². The van der Waals surface area contributed by atoms with Crippen molar-refractivity contribution >= 4 is 11.9 Å². The second kappa shape index (κ2) is 9.59. The maximum Gasteiger partial charge on any atom is 0.330 e. The molecule has 1 aliphatic heterocycles. The summed E-state index contributed by atoms with van der Waals surface area (Å²) < 4.78 is 11.3. The molecule has 0 bridgehead atoms. The summed E-state index contributed by atoms with van der Waals surface area (Å²) in [4.78, 5) is 31.0. The Morgan fingerprint density at radius 3 is 2.21 bits per heavy atom. The van der Waals surface area contributed by atoms with Crippen LogP contribution in [0.25, 0.3) is 0 Å². The zero-order chi connectivity index (χ0) is 21.8. The topological polar surface area (TPSA) is 68.3 Å². The Morgan fingerprint density at radius 2 is 1.66 bits per heavy atom. The Balaban J connectivity index is 1.83. The number of rotatable bonds is 6. The lowest BCUT2D eigenvalue weighted by molar-refractivity contribution is -0.207. The number of nitrogens with zero attached hydrogens (tertiary/aromatic N) is 2. The molecule has 1 fully saturated rings. The molecule has 2 rings (SSSR count). The second-order valence-electron chi connectivity index (χ2n) is 8.61. The largest absolute Gasteiger partial charge is 0.492 e. The van der Waals surface area contributed by atoms with Gasteiger partial charge in [0.15, 0.2) is 0 Å². The van der Waals surface area contributed by atoms with Crippen molar-refractivity contribution in [2.75, 3.05) is 39.3 Å². The molecule has 1 saturated heterocycles. The summed E-state index contributed by atoms with van der Waals surface area (Å²) in [6.07, 6.45) is 0. The number of ether oxygens (including phenoxy) is 2. The molecule has 0 aliphatic carbocycles. The van der Waals surface area contributed by atoms with Crippen LogP contribution in [0, 0.1) is 26.2 Å². The molecule has 7 heteroatoms. The van der Waals surface area contributed by atoms with E-state index in [4.69, 9.17) is 14.3 Å². The second-order valence-corrected chi connectivity index (χ2v) is 8.61. The molecule has 1 aromatic carbocycles. The fraction of sp³-hybridized carbons (Fsp3) is 0.636. The van der Waals surface area contributed by atoms with Crippen molar-refractivity contribution in [3.8, 4) is 11.5 Å². The molecule has 162 valence electrons. The van der Waals surface area contributed by atoms with E-state index in [-0.39, 0.29) is 11.9 Å². The van der Waals surface area contributed by atoms with Gasteiger partial charge >= 0.3 is 11.9 Å². The van der Waals surface area contributed by atoms with Gasteiger partial charge in [0.2, 0.25) is 0 Å². The molecule has 1 heterocycles. The first-order chi connectivity index (χ1) is 13.5. The molecule has 1 aliphatic rings. The van der Waals surface area contributed by atoms with Gasteiger partial charge in [-0.25, -0.2) is 4.79 Å². The summed E-state index contributed by atoms with van der Waals surface area (Å²) in [5.41, 5.74) is 2.28. The van der Waals surface area contributed by atoms with Crippen molar-refractivity contribution in [3.63, 3.8) is 0 Å². The van der Waals surface area contributed by atoms with Crippen LogP contribution in [0.3, 0.4) is 0 Å². The summed E-state index contributed by atoms with van der Waals surface area (Å²) >= 11 is 0. The van der Waals surface area contributed by atoms with Crippen LogP contribution in [0.1, 0.15) is 44.4 Å². The third-order valence-corrected chi connectivity index (χ3v) is 5.04. The normalized spacial score (nSPS) is 15.8. The zero-order valence-corrected chi connectivity index (χ0v) is 18.8. The van der Waals surface area contributed by atoms with Crippen LogP contribution in [0.15, 0.2) is 6.07 Å². The summed E-state index contributed by atoms with van der Waals surface area (Å²) in [6.45, 7) is 17.2. The van der Waals surface area contributed by atoms with Gasteiger partial charge in [0.05, 0.1) is 5.41 Å². The van der Waals surface area contributed by atoms with Crippen molar-refractivity contribution < 1.29 is 23.9 Å². The van der Waals surface area contributed by atoms with Gasteiger partial charge in [-0.2, -0.15) is 0 Å². The fourth-order valence-electron chi connectivity index (χ4n) is 3.06. The van der Waals surface area contributed by atoms with E-state index in [9.17, 15) is 9.59 Å². The summed E-state index contributed by atoms with van der Waals surface area (Å²) in [5.74, 6) is 0.904. The third-order valence-electron chi connectivity index (χ3n) is 5.04. The molecule has 0 amide bonds. The minimum Gasteiger partial charge on any atom is -0.492 e. The quantitative estimate of drug-likeness (QED) is 0.531. The number of piperazine rings is 1. The predicted molar refractivity (Wildman–Crippen MR) is 111 cm³/mol. The van der Waals surface area contributed by atoms with Crippen molar-refractivity contribution in [3.05, 3.63) is 22.8 Å². The maximum absolute atomic E-state index is 12.0. The van der Waals surface area contributed by atoms with E-state index >= 15 is 0 Å². The van der Waals surface area contributed by atoms with Crippen molar-refractivity contribution in [1.82, 2.24) is 9.96 Å². The lowest BCUT2D eigenvalue weighted by Crippen LogP contribution is -2.48. The summed E-state index contributed by atoms with van der Waals surface area (Å²) in [7, 11) is 0. The maximum atomic E-state index is 12.0. The number of esters is 1. The number of hydrogen-bond acceptors (Lipinski definition) is 7. The molecule has 0 unspecified atom stereocenters. The highest BCUT2D eigenvalue weighted by molar-refractivity contribution is 5.75. The Kier molecular flexibility index (Phi) is 7.66. The zero-order valence-electron chi connectivity index (χ0n) is 18.8. The molecule has 7 nitrogen and oxygen atoms in total. The van der Waals surface area contributed by atoms with Gasteiger partial charge in [-0.05, 0) is 64.3 Å². The van der Waals surface area contributed by atoms with Crippen molar-refractivity contribution in [2.24, 2.45) is 5.41 Å². The van der Waals surface area contributed by atoms with Crippen LogP contribution in [-0.4, -0.2) is 61.2 Å². The number of benzene rings is 1. The molecule has 0 spiro atoms. The highest BCUT2D eigenvalue weighted by atomic mass is 16.7. The number of hydroxylamine groups is 2. The minimum atomic E-state index is -0.496. The van der Waals surface area contributed by atoms with Crippen LogP contribution in [0.4, 0.5) is 0 Å². The van der Waals surface area contributed by atoms with Crippen LogP contribution in [0.2, 0.25) is 0 Å². The van der Waals surface area contributed by atoms with Gasteiger partial charge in [0, 0.05) is 39.6 Å². The number of carbonyl (C=O) groups excluding carboxylic acids is 2. The van der Waals surface area contributed by atoms with Crippen molar-refractivity contribution in [2.45, 2.75) is 48.5 Å². The third kappa shape index (κ3) is 6.44. The first kappa shape index (κ1) is 23.2. The van der Waals surface area contributed by atoms with E-state index in [1.165, 1.54) is 6.92 Å². The minimum absolute atomic E-state index is 0.201. The molecular formula is C22H34N2O5. The van der Waals surface area contributed by atoms with Gasteiger partial charge in [0.1, 0.15) is 18.1 Å². The monoisotopic (exact) mass is 406 g/mol. The standard InChI is InChI=1S/C22H34N2O5/c1-15-14-19(16(2)17(3)20(15)28-18(4)25)27-13-12-23-8-10-24(11-9-23)29-21(26)22(5,6)7/h14H,8-13H2,1-7H3. The van der Waals surface area contributed by atoms with Gasteiger partial charge in [-0.15, -0.1) is 5.06 Å². The average Bonchev–Trinajstić information content (AvgIpc) is 2.63. The first-order valence-corrected chi connectivity index (χ1v) is 10.1. The number of aryl methyl sites for hydroxylation is 1. The lowest BCUT2D eigenvalue weighted by Gasteiger charge is -2.34. The van der Waals surface area contributed by atoms with Gasteiger partial charge in [-0.3, -0.25) is 9.69 Å². The number of hydrogen-bond donors (Lipinski definition) is 0. The van der Waals surface area contributed by atoms with Crippen LogP contribution in [-0.2, 0) is 14.4 Å². The summed E-state index contributed by atoms with van der Waals surface area (Å²) in [5, 5.41) is 1.75. The molecule has 0 N–H and O–H groups in total. The molecule has 0 atom stereocenters. The molecule has 0 aromatic heterocycles. The smallest absolute Gasteiger partial charge is 0.330 e. The molecule has 29 heavy (non-hydrogen) atoms. The molecule has 0 saturated carbocycles. The lowest BCUT2D eigenvalue weighted by atomic mass is 9.98. The Hall–Kier alpha value is -2.12. The van der Waals surface area contributed by atoms with E-state index in [1.807, 2.05) is 47.6 Å². The van der Waals surface area contributed by atoms with Crippen LogP contribution >= 0.6 is 0 Å². The van der Waals surface area contributed by atoms with Crippen LogP contribution < -0.4 is 9.47 Å². The highest BCUT2D eigenvalue weighted by Gasteiger charge is 2.27. The molecule has 0 radical (unpaired) electrons. The number of carbonyl (C=O) groups is 2. The van der Waals surface area contributed by atoms with E-state index in [1.54, 1.807) is 5.06 Å². The first-order valence-electron chi connectivity index (χ1n) is 10.1. The SMILES string of the molecule is CC(=O)Oc1c(C)cc(OCCN2CCN(OC(=O)C(C)(C)C)CC2)c(C)c1C. The molecule has 1 aromatic rings. The Labute approximate surface area is 173 Å². The van der Waals surface area contributed by atoms with E-state index in [0.717, 1.165) is 42.1 Å². The van der Waals surface area contributed by atoms with E-state index < -0.39 is 5.41 Å². The van der Waals surface area contributed by atoms with E-state index in [2.05, 4.69) is 4.90 Å². The van der Waals surface area contributed by atoms with E-state index in [0.29, 0.717) is 25.4 Å². The average molecular weight is 407 g/mol. The highest BCUT2D eigenvalue weighted by Crippen LogP contribution is 2.33.